The topological polar surface area (TPSA) is 91.8 Å². The van der Waals surface area contributed by atoms with Crippen LogP contribution in [0.3, 0.4) is 0 Å². The number of nitrogens with one attached hydrogen (secondary N) is 1. The van der Waals surface area contributed by atoms with E-state index in [1.54, 1.807) is 12.3 Å². The molecule has 4 aromatic rings. The molecule has 1 aliphatic carbocycles. The summed E-state index contributed by atoms with van der Waals surface area (Å²) in [5, 5.41) is 10.7. The average molecular weight is 537 g/mol. The van der Waals surface area contributed by atoms with Crippen LogP contribution in [0, 0.1) is 11.7 Å². The maximum Gasteiger partial charge on any atom is 0.303 e. The normalized spacial score (nSPS) is 18.1. The highest BCUT2D eigenvalue weighted by Gasteiger charge is 2.24. The van der Waals surface area contributed by atoms with E-state index >= 15 is 0 Å². The molecular formula is C33H33FN4O2. The summed E-state index contributed by atoms with van der Waals surface area (Å²) >= 11 is 0. The zero-order valence-electron chi connectivity index (χ0n) is 22.6. The number of carboxylic acid groups (broad SMARTS) is 1. The minimum atomic E-state index is -0.693. The van der Waals surface area contributed by atoms with E-state index in [4.69, 9.17) is 15.1 Å². The summed E-state index contributed by atoms with van der Waals surface area (Å²) in [5.74, 6) is 0.433. The highest BCUT2D eigenvalue weighted by molar-refractivity contribution is 5.67. The van der Waals surface area contributed by atoms with Crippen molar-refractivity contribution in [3.05, 3.63) is 95.3 Å². The predicted octanol–water partition coefficient (Wildman–Crippen LogP) is 6.11. The van der Waals surface area contributed by atoms with E-state index in [9.17, 15) is 9.18 Å². The van der Waals surface area contributed by atoms with Crippen LogP contribution in [0.2, 0.25) is 0 Å². The first-order valence-corrected chi connectivity index (χ1v) is 13.7. The van der Waals surface area contributed by atoms with Gasteiger partial charge < -0.3 is 10.1 Å². The Morgan fingerprint density at radius 3 is 2.48 bits per heavy atom. The van der Waals surface area contributed by atoms with E-state index in [0.717, 1.165) is 53.2 Å². The van der Waals surface area contributed by atoms with Crippen LogP contribution in [0.4, 0.5) is 4.39 Å². The van der Waals surface area contributed by atoms with Crippen molar-refractivity contribution >= 4 is 23.7 Å². The monoisotopic (exact) mass is 536 g/mol. The zero-order chi connectivity index (χ0) is 28.1. The standard InChI is InChI=1S/C33H33FN4O2/c1-3-28-30(16-6-21(2)32-27(34)5-4-18-35-32)38-33(37-28)26-15-17-29(36-20-26)25-13-11-24(12-14-25)23-9-7-22(8-10-23)19-31(39)40/h3-5,11-18,20,22-23H,2,6-10,19H2,1H3,(H,37,38)(H,39,40)/b28-3+,30-16+. The molecule has 0 bridgehead atoms. The molecule has 1 saturated carbocycles. The van der Waals surface area contributed by atoms with Gasteiger partial charge in [-0.25, -0.2) is 9.37 Å². The number of aromatic amines is 1. The van der Waals surface area contributed by atoms with E-state index in [1.807, 2.05) is 37.4 Å². The van der Waals surface area contributed by atoms with Gasteiger partial charge in [-0.2, -0.15) is 0 Å². The number of aliphatic carboxylic acids is 1. The van der Waals surface area contributed by atoms with Gasteiger partial charge in [-0.1, -0.05) is 43.0 Å². The quantitative estimate of drug-likeness (QED) is 0.284. The second kappa shape index (κ2) is 12.2. The average Bonchev–Trinajstić information content (AvgIpc) is 3.40. The molecule has 5 rings (SSSR count). The highest BCUT2D eigenvalue weighted by Crippen LogP contribution is 2.37. The molecular weight excluding hydrogens is 503 g/mol. The van der Waals surface area contributed by atoms with Gasteiger partial charge in [0.2, 0.25) is 0 Å². The molecule has 3 heterocycles. The number of benzene rings is 1. The summed E-state index contributed by atoms with van der Waals surface area (Å²) in [7, 11) is 0. The first-order valence-electron chi connectivity index (χ1n) is 13.7. The third-order valence-electron chi connectivity index (χ3n) is 7.71. The SMILES string of the molecule is C=C(C/C=c1/[nH]c(-c2ccc(-c3ccc(C4CCC(CC(=O)O)CC4)cc3)nc2)n/c1=C/C)c1ncccc1F. The lowest BCUT2D eigenvalue weighted by Gasteiger charge is -2.28. The third-order valence-corrected chi connectivity index (χ3v) is 7.71. The number of halogens is 1. The van der Waals surface area contributed by atoms with Crippen LogP contribution < -0.4 is 10.7 Å². The number of H-pyrrole nitrogens is 1. The number of imidazole rings is 1. The number of hydrogen-bond donors (Lipinski definition) is 2. The maximum absolute atomic E-state index is 14.1. The fourth-order valence-electron chi connectivity index (χ4n) is 5.46. The summed E-state index contributed by atoms with van der Waals surface area (Å²) in [6, 6.07) is 15.5. The van der Waals surface area contributed by atoms with E-state index < -0.39 is 5.97 Å². The van der Waals surface area contributed by atoms with Crippen molar-refractivity contribution in [3.8, 4) is 22.6 Å². The molecule has 3 aromatic heterocycles. The van der Waals surface area contributed by atoms with Crippen molar-refractivity contribution in [3.63, 3.8) is 0 Å². The molecule has 204 valence electrons. The Kier molecular flexibility index (Phi) is 8.29. The molecule has 0 aliphatic heterocycles. The van der Waals surface area contributed by atoms with Gasteiger partial charge in [-0.05, 0) is 86.3 Å². The molecule has 6 nitrogen and oxygen atoms in total. The molecule has 0 saturated heterocycles. The minimum Gasteiger partial charge on any atom is -0.481 e. The van der Waals surface area contributed by atoms with Crippen molar-refractivity contribution in [1.82, 2.24) is 19.9 Å². The molecule has 40 heavy (non-hydrogen) atoms. The number of pyridine rings is 2. The summed E-state index contributed by atoms with van der Waals surface area (Å²) in [5.41, 5.74) is 4.98. The summed E-state index contributed by atoms with van der Waals surface area (Å²) in [6.45, 7) is 5.92. The fraction of sp³-hybridized carbons (Fsp3) is 0.273. The third kappa shape index (κ3) is 6.25. The summed E-state index contributed by atoms with van der Waals surface area (Å²) in [6.07, 6.45) is 12.0. The van der Waals surface area contributed by atoms with E-state index in [0.29, 0.717) is 29.7 Å². The van der Waals surface area contributed by atoms with Crippen molar-refractivity contribution < 1.29 is 14.3 Å². The van der Waals surface area contributed by atoms with Crippen molar-refractivity contribution in [2.75, 3.05) is 0 Å². The highest BCUT2D eigenvalue weighted by atomic mass is 19.1. The van der Waals surface area contributed by atoms with Crippen LogP contribution in [0.5, 0.6) is 0 Å². The number of nitrogens with zero attached hydrogens (tertiary/aromatic N) is 3. The van der Waals surface area contributed by atoms with Gasteiger partial charge in [0.05, 0.1) is 16.4 Å². The Bertz CT molecular complexity index is 1620. The Hall–Kier alpha value is -4.39. The van der Waals surface area contributed by atoms with E-state index in [1.165, 1.54) is 11.6 Å². The second-order valence-corrected chi connectivity index (χ2v) is 10.4. The molecule has 0 spiro atoms. The molecule has 2 N–H and O–H groups in total. The molecule has 0 atom stereocenters. The number of carbonyl (C=O) groups is 1. The number of hydrogen-bond acceptors (Lipinski definition) is 4. The fourth-order valence-corrected chi connectivity index (χ4v) is 5.46. The first kappa shape index (κ1) is 27.2. The molecule has 0 amide bonds. The molecule has 0 radical (unpaired) electrons. The zero-order valence-corrected chi connectivity index (χ0v) is 22.6. The van der Waals surface area contributed by atoms with Gasteiger partial charge in [0.1, 0.15) is 17.3 Å². The van der Waals surface area contributed by atoms with E-state index in [-0.39, 0.29) is 17.9 Å². The molecule has 7 heteroatoms. The van der Waals surface area contributed by atoms with Crippen molar-refractivity contribution in [2.45, 2.75) is 51.4 Å². The van der Waals surface area contributed by atoms with Gasteiger partial charge in [0.15, 0.2) is 0 Å². The Morgan fingerprint density at radius 1 is 1.07 bits per heavy atom. The van der Waals surface area contributed by atoms with Gasteiger partial charge in [0, 0.05) is 29.9 Å². The Labute approximate surface area is 233 Å². The minimum absolute atomic E-state index is 0.274. The van der Waals surface area contributed by atoms with Crippen molar-refractivity contribution in [1.29, 1.82) is 0 Å². The lowest BCUT2D eigenvalue weighted by atomic mass is 9.77. The molecule has 1 aromatic carbocycles. The molecule has 1 fully saturated rings. The Morgan fingerprint density at radius 2 is 1.82 bits per heavy atom. The van der Waals surface area contributed by atoms with Gasteiger partial charge >= 0.3 is 5.97 Å². The smallest absolute Gasteiger partial charge is 0.303 e. The van der Waals surface area contributed by atoms with Crippen LogP contribution >= 0.6 is 0 Å². The number of rotatable bonds is 8. The predicted molar refractivity (Wildman–Crippen MR) is 156 cm³/mol. The second-order valence-electron chi connectivity index (χ2n) is 10.4. The largest absolute Gasteiger partial charge is 0.481 e. The first-order chi connectivity index (χ1) is 19.4. The van der Waals surface area contributed by atoms with Crippen LogP contribution in [0.1, 0.15) is 62.6 Å². The van der Waals surface area contributed by atoms with Gasteiger partial charge in [0.25, 0.3) is 0 Å². The molecule has 1 aliphatic rings. The van der Waals surface area contributed by atoms with E-state index in [2.05, 4.69) is 40.8 Å². The lowest BCUT2D eigenvalue weighted by molar-refractivity contribution is -0.138. The Balaban J connectivity index is 1.27. The van der Waals surface area contributed by atoms with Crippen LogP contribution in [-0.4, -0.2) is 31.0 Å². The number of carboxylic acids is 1. The number of allylic oxidation sites excluding steroid dienone is 1. The lowest BCUT2D eigenvalue weighted by Crippen LogP contribution is -2.23. The van der Waals surface area contributed by atoms with Crippen molar-refractivity contribution in [2.24, 2.45) is 5.92 Å². The summed E-state index contributed by atoms with van der Waals surface area (Å²) < 4.78 is 14.1. The van der Waals surface area contributed by atoms with Gasteiger partial charge in [-0.15, -0.1) is 0 Å². The molecule has 0 unspecified atom stereocenters. The van der Waals surface area contributed by atoms with Crippen LogP contribution in [0.25, 0.3) is 40.4 Å². The number of aromatic nitrogens is 4. The maximum atomic E-state index is 14.1. The van der Waals surface area contributed by atoms with Gasteiger partial charge in [-0.3, -0.25) is 14.8 Å². The summed E-state index contributed by atoms with van der Waals surface area (Å²) in [4.78, 5) is 27.9. The van der Waals surface area contributed by atoms with Crippen LogP contribution in [0.15, 0.2) is 67.5 Å². The van der Waals surface area contributed by atoms with Crippen LogP contribution in [-0.2, 0) is 4.79 Å².